The van der Waals surface area contributed by atoms with Crippen LogP contribution in [0.3, 0.4) is 0 Å². The van der Waals surface area contributed by atoms with E-state index >= 15 is 0 Å². The Bertz CT molecular complexity index is 1480. The smallest absolute Gasteiger partial charge is 0.325 e. The summed E-state index contributed by atoms with van der Waals surface area (Å²) in [5.74, 6) is 0.566. The predicted molar refractivity (Wildman–Crippen MR) is 117 cm³/mol. The van der Waals surface area contributed by atoms with Gasteiger partial charge in [0.05, 0.1) is 11.3 Å². The van der Waals surface area contributed by atoms with Crippen LogP contribution in [0.5, 0.6) is 0 Å². The van der Waals surface area contributed by atoms with E-state index in [1.807, 2.05) is 29.2 Å². The highest BCUT2D eigenvalue weighted by Crippen LogP contribution is 2.55. The third-order valence-electron chi connectivity index (χ3n) is 6.38. The molecule has 2 atom stereocenters. The standard InChI is InChI=1S/C23H20N6O3/c30-21-18(12-25-23(32)26-21)19-11-17(20-24-5-8-29(20)27-19)16-10-15(16)13-3-1-4-14(9-13)22(31)28-6-2-7-28/h1,3-5,8-9,11-12,15-16H,2,6-7,10H2,(H2,25,26,30,32)/t15-,16+/m1/s1. The minimum atomic E-state index is -0.558. The highest BCUT2D eigenvalue weighted by atomic mass is 16.2. The number of H-pyrrole nitrogens is 2. The van der Waals surface area contributed by atoms with Crippen molar-refractivity contribution in [1.29, 1.82) is 0 Å². The molecule has 160 valence electrons. The molecule has 9 heteroatoms. The lowest BCUT2D eigenvalue weighted by Gasteiger charge is -2.31. The Morgan fingerprint density at radius 2 is 2.00 bits per heavy atom. The molecule has 0 bridgehead atoms. The second kappa shape index (κ2) is 7.01. The number of rotatable bonds is 4. The van der Waals surface area contributed by atoms with E-state index in [0.29, 0.717) is 11.3 Å². The van der Waals surface area contributed by atoms with Crippen molar-refractivity contribution in [3.63, 3.8) is 0 Å². The van der Waals surface area contributed by atoms with Crippen LogP contribution in [0.4, 0.5) is 0 Å². The summed E-state index contributed by atoms with van der Waals surface area (Å²) < 4.78 is 1.66. The lowest BCUT2D eigenvalue weighted by Crippen LogP contribution is -2.42. The first kappa shape index (κ1) is 18.7. The van der Waals surface area contributed by atoms with E-state index in [4.69, 9.17) is 0 Å². The molecule has 4 heterocycles. The van der Waals surface area contributed by atoms with Crippen LogP contribution >= 0.6 is 0 Å². The monoisotopic (exact) mass is 428 g/mol. The Morgan fingerprint density at radius 3 is 2.78 bits per heavy atom. The molecule has 1 saturated carbocycles. The lowest BCUT2D eigenvalue weighted by molar-refractivity contribution is 0.0651. The first-order valence-electron chi connectivity index (χ1n) is 10.6. The molecule has 1 saturated heterocycles. The largest absolute Gasteiger partial charge is 0.339 e. The fourth-order valence-corrected chi connectivity index (χ4v) is 4.46. The fourth-order valence-electron chi connectivity index (χ4n) is 4.46. The summed E-state index contributed by atoms with van der Waals surface area (Å²) in [5, 5.41) is 4.50. The van der Waals surface area contributed by atoms with Crippen LogP contribution in [-0.4, -0.2) is 48.5 Å². The molecule has 32 heavy (non-hydrogen) atoms. The van der Waals surface area contributed by atoms with Crippen LogP contribution in [0, 0.1) is 0 Å². The normalized spacial score (nSPS) is 19.7. The molecule has 1 aliphatic carbocycles. The van der Waals surface area contributed by atoms with Crippen molar-refractivity contribution in [1.82, 2.24) is 29.5 Å². The number of imidazole rings is 1. The lowest BCUT2D eigenvalue weighted by atomic mass is 10.0. The molecule has 3 aromatic heterocycles. The minimum absolute atomic E-state index is 0.0921. The molecule has 1 aromatic carbocycles. The quantitative estimate of drug-likeness (QED) is 0.515. The molecule has 4 aromatic rings. The highest BCUT2D eigenvalue weighted by molar-refractivity contribution is 5.94. The summed E-state index contributed by atoms with van der Waals surface area (Å²) in [5.41, 5.74) is 3.32. The van der Waals surface area contributed by atoms with E-state index in [1.54, 1.807) is 16.9 Å². The number of aromatic nitrogens is 5. The van der Waals surface area contributed by atoms with Crippen molar-refractivity contribution < 1.29 is 4.79 Å². The van der Waals surface area contributed by atoms with E-state index in [2.05, 4.69) is 26.1 Å². The minimum Gasteiger partial charge on any atom is -0.339 e. The van der Waals surface area contributed by atoms with Gasteiger partial charge in [-0.25, -0.2) is 14.3 Å². The number of carbonyl (C=O) groups is 1. The maximum Gasteiger partial charge on any atom is 0.325 e. The summed E-state index contributed by atoms with van der Waals surface area (Å²) >= 11 is 0. The van der Waals surface area contributed by atoms with E-state index in [-0.39, 0.29) is 17.7 Å². The van der Waals surface area contributed by atoms with Crippen molar-refractivity contribution in [2.75, 3.05) is 13.1 Å². The van der Waals surface area contributed by atoms with Gasteiger partial charge in [0.25, 0.3) is 11.5 Å². The number of benzene rings is 1. The maximum atomic E-state index is 12.6. The van der Waals surface area contributed by atoms with E-state index in [1.165, 1.54) is 6.20 Å². The molecule has 2 N–H and O–H groups in total. The predicted octanol–water partition coefficient (Wildman–Crippen LogP) is 1.89. The van der Waals surface area contributed by atoms with E-state index in [0.717, 1.165) is 48.3 Å². The summed E-state index contributed by atoms with van der Waals surface area (Å²) in [6, 6.07) is 9.77. The van der Waals surface area contributed by atoms with Crippen molar-refractivity contribution in [3.05, 3.63) is 86.5 Å². The van der Waals surface area contributed by atoms with Gasteiger partial charge in [-0.1, -0.05) is 12.1 Å². The number of nitrogens with one attached hydrogen (secondary N) is 2. The average Bonchev–Trinajstić information content (AvgIpc) is 3.40. The zero-order valence-electron chi connectivity index (χ0n) is 17.1. The number of hydrogen-bond donors (Lipinski definition) is 2. The number of amides is 1. The molecule has 0 radical (unpaired) electrons. The maximum absolute atomic E-state index is 12.6. The third kappa shape index (κ3) is 3.05. The summed E-state index contributed by atoms with van der Waals surface area (Å²) in [4.78, 5) is 47.4. The molecule has 0 unspecified atom stereocenters. The van der Waals surface area contributed by atoms with Crippen LogP contribution in [0.1, 0.15) is 46.2 Å². The number of likely N-dealkylation sites (tertiary alicyclic amines) is 1. The Hall–Kier alpha value is -4.01. The summed E-state index contributed by atoms with van der Waals surface area (Å²) in [6.07, 6.45) is 6.79. The van der Waals surface area contributed by atoms with Crippen LogP contribution in [-0.2, 0) is 0 Å². The van der Waals surface area contributed by atoms with Crippen molar-refractivity contribution in [3.8, 4) is 11.3 Å². The van der Waals surface area contributed by atoms with Crippen LogP contribution < -0.4 is 11.2 Å². The van der Waals surface area contributed by atoms with Gasteiger partial charge in [-0.3, -0.25) is 14.6 Å². The molecular weight excluding hydrogens is 408 g/mol. The Labute approximate surface area is 181 Å². The molecular formula is C23H20N6O3. The molecule has 0 spiro atoms. The van der Waals surface area contributed by atoms with Crippen molar-refractivity contribution >= 4 is 11.6 Å². The van der Waals surface area contributed by atoms with Crippen molar-refractivity contribution in [2.45, 2.75) is 24.7 Å². The van der Waals surface area contributed by atoms with Crippen molar-refractivity contribution in [2.24, 2.45) is 0 Å². The SMILES string of the molecule is O=C(c1cccc([C@H]2C[C@@H]2c2cc(-c3c[nH]c(=O)[nH]c3=O)nn3ccnc23)c1)N1CCC1. The topological polar surface area (TPSA) is 116 Å². The average molecular weight is 428 g/mol. The molecule has 2 aliphatic rings. The number of hydrogen-bond acceptors (Lipinski definition) is 5. The second-order valence-electron chi connectivity index (χ2n) is 8.39. The first-order chi connectivity index (χ1) is 15.6. The number of nitrogens with zero attached hydrogens (tertiary/aromatic N) is 4. The van der Waals surface area contributed by atoms with Gasteiger partial charge in [-0.2, -0.15) is 5.10 Å². The van der Waals surface area contributed by atoms with Crippen LogP contribution in [0.2, 0.25) is 0 Å². The Kier molecular flexibility index (Phi) is 4.11. The summed E-state index contributed by atoms with van der Waals surface area (Å²) in [7, 11) is 0. The van der Waals surface area contributed by atoms with Gasteiger partial charge in [0.1, 0.15) is 0 Å². The zero-order valence-corrected chi connectivity index (χ0v) is 17.1. The Morgan fingerprint density at radius 1 is 1.12 bits per heavy atom. The van der Waals surface area contributed by atoms with E-state index in [9.17, 15) is 14.4 Å². The molecule has 9 nitrogen and oxygen atoms in total. The number of aromatic amines is 2. The fraction of sp³-hybridized carbons (Fsp3) is 0.261. The third-order valence-corrected chi connectivity index (χ3v) is 6.38. The molecule has 2 fully saturated rings. The van der Waals surface area contributed by atoms with Gasteiger partial charge in [-0.05, 0) is 48.4 Å². The Balaban J connectivity index is 1.36. The van der Waals surface area contributed by atoms with Gasteiger partial charge in [0.2, 0.25) is 0 Å². The van der Waals surface area contributed by atoms with E-state index < -0.39 is 11.2 Å². The summed E-state index contributed by atoms with van der Waals surface area (Å²) in [6.45, 7) is 1.66. The van der Waals surface area contributed by atoms with Crippen LogP contribution in [0.25, 0.3) is 16.9 Å². The zero-order chi connectivity index (χ0) is 21.8. The molecule has 1 aliphatic heterocycles. The second-order valence-corrected chi connectivity index (χ2v) is 8.39. The highest BCUT2D eigenvalue weighted by Gasteiger charge is 2.41. The van der Waals surface area contributed by atoms with Gasteiger partial charge < -0.3 is 9.88 Å². The van der Waals surface area contributed by atoms with Gasteiger partial charge in [0.15, 0.2) is 5.65 Å². The van der Waals surface area contributed by atoms with Gasteiger partial charge >= 0.3 is 5.69 Å². The molecule has 6 rings (SSSR count). The first-order valence-corrected chi connectivity index (χ1v) is 10.6. The van der Waals surface area contributed by atoms with Gasteiger partial charge in [-0.15, -0.1) is 0 Å². The molecule has 1 amide bonds. The van der Waals surface area contributed by atoms with Gasteiger partial charge in [0, 0.05) is 42.8 Å². The number of carbonyl (C=O) groups excluding carboxylic acids is 1. The number of fused-ring (bicyclic) bond motifs is 1. The van der Waals surface area contributed by atoms with Crippen LogP contribution in [0.15, 0.2) is 58.5 Å².